The molecule has 0 amide bonds. The van der Waals surface area contributed by atoms with Crippen LogP contribution in [-0.2, 0) is 17.1 Å². The van der Waals surface area contributed by atoms with Crippen molar-refractivity contribution in [2.45, 2.75) is 30.6 Å². The van der Waals surface area contributed by atoms with E-state index < -0.39 is 10.0 Å². The molecular formula is C13H18N4O2S2. The first-order chi connectivity index (χ1) is 9.96. The van der Waals surface area contributed by atoms with Gasteiger partial charge in [-0.3, -0.25) is 4.68 Å². The second-order valence-electron chi connectivity index (χ2n) is 5.36. The first-order valence-corrected chi connectivity index (χ1v) is 9.19. The highest BCUT2D eigenvalue weighted by molar-refractivity contribution is 7.89. The van der Waals surface area contributed by atoms with Gasteiger partial charge in [0, 0.05) is 43.3 Å². The smallest absolute Gasteiger partial charge is 0.246 e. The van der Waals surface area contributed by atoms with Crippen LogP contribution in [0.4, 0.5) is 0 Å². The van der Waals surface area contributed by atoms with E-state index in [2.05, 4.69) is 10.1 Å². The van der Waals surface area contributed by atoms with Gasteiger partial charge in [-0.05, 0) is 19.8 Å². The standard InChI is InChI=1S/C13H18N4O2S2/c1-10-9-20-13(15-10)11-3-5-17(6-4-11)21(18,19)12-7-14-16(2)8-12/h7-9,11H,3-6H2,1-2H3. The third-order valence-electron chi connectivity index (χ3n) is 3.76. The van der Waals surface area contributed by atoms with Crippen LogP contribution in [0, 0.1) is 6.92 Å². The molecule has 2 aromatic rings. The number of hydrogen-bond acceptors (Lipinski definition) is 5. The van der Waals surface area contributed by atoms with Gasteiger partial charge in [-0.25, -0.2) is 13.4 Å². The van der Waals surface area contributed by atoms with E-state index in [0.717, 1.165) is 23.5 Å². The van der Waals surface area contributed by atoms with Crippen LogP contribution in [0.3, 0.4) is 0 Å². The fraction of sp³-hybridized carbons (Fsp3) is 0.538. The largest absolute Gasteiger partial charge is 0.274 e. The van der Waals surface area contributed by atoms with Gasteiger partial charge in [0.25, 0.3) is 0 Å². The average molecular weight is 326 g/mol. The molecule has 3 rings (SSSR count). The lowest BCUT2D eigenvalue weighted by atomic mass is 9.99. The summed E-state index contributed by atoms with van der Waals surface area (Å²) >= 11 is 1.67. The maximum atomic E-state index is 12.5. The maximum Gasteiger partial charge on any atom is 0.246 e. The Kier molecular flexibility index (Phi) is 3.85. The van der Waals surface area contributed by atoms with Crippen molar-refractivity contribution >= 4 is 21.4 Å². The number of rotatable bonds is 3. The van der Waals surface area contributed by atoms with E-state index >= 15 is 0 Å². The lowest BCUT2D eigenvalue weighted by Crippen LogP contribution is -2.37. The van der Waals surface area contributed by atoms with Crippen LogP contribution in [0.5, 0.6) is 0 Å². The second-order valence-corrected chi connectivity index (χ2v) is 8.18. The molecule has 0 saturated carbocycles. The predicted octanol–water partition coefficient (Wildman–Crippen LogP) is 1.75. The monoisotopic (exact) mass is 326 g/mol. The third kappa shape index (κ3) is 2.88. The van der Waals surface area contributed by atoms with Crippen molar-refractivity contribution in [3.8, 4) is 0 Å². The summed E-state index contributed by atoms with van der Waals surface area (Å²) in [5.41, 5.74) is 1.04. The summed E-state index contributed by atoms with van der Waals surface area (Å²) < 4.78 is 28.1. The summed E-state index contributed by atoms with van der Waals surface area (Å²) in [6.07, 6.45) is 4.61. The summed E-state index contributed by atoms with van der Waals surface area (Å²) in [6.45, 7) is 3.07. The molecule has 1 fully saturated rings. The van der Waals surface area contributed by atoms with E-state index in [4.69, 9.17) is 0 Å². The quantitative estimate of drug-likeness (QED) is 0.862. The Bertz CT molecular complexity index is 727. The first-order valence-electron chi connectivity index (χ1n) is 6.87. The van der Waals surface area contributed by atoms with Crippen molar-refractivity contribution in [1.29, 1.82) is 0 Å². The molecule has 0 N–H and O–H groups in total. The Morgan fingerprint density at radius 2 is 2.05 bits per heavy atom. The van der Waals surface area contributed by atoms with E-state index in [1.54, 1.807) is 28.9 Å². The molecular weight excluding hydrogens is 308 g/mol. The second kappa shape index (κ2) is 5.51. The number of sulfonamides is 1. The molecule has 0 radical (unpaired) electrons. The van der Waals surface area contributed by atoms with Crippen LogP contribution in [0.15, 0.2) is 22.7 Å². The highest BCUT2D eigenvalue weighted by atomic mass is 32.2. The molecule has 0 aliphatic carbocycles. The van der Waals surface area contributed by atoms with Gasteiger partial charge in [0.1, 0.15) is 4.90 Å². The number of aryl methyl sites for hydroxylation is 2. The van der Waals surface area contributed by atoms with Crippen LogP contribution in [0.2, 0.25) is 0 Å². The Hall–Kier alpha value is -1.25. The summed E-state index contributed by atoms with van der Waals surface area (Å²) in [4.78, 5) is 4.79. The highest BCUT2D eigenvalue weighted by Crippen LogP contribution is 2.32. The van der Waals surface area contributed by atoms with Gasteiger partial charge in [-0.15, -0.1) is 11.3 Å². The van der Waals surface area contributed by atoms with E-state index in [9.17, 15) is 8.42 Å². The zero-order valence-corrected chi connectivity index (χ0v) is 13.7. The first kappa shape index (κ1) is 14.7. The fourth-order valence-corrected chi connectivity index (χ4v) is 5.01. The van der Waals surface area contributed by atoms with Gasteiger partial charge in [-0.1, -0.05) is 0 Å². The zero-order valence-electron chi connectivity index (χ0n) is 12.1. The topological polar surface area (TPSA) is 68.1 Å². The number of piperidine rings is 1. The average Bonchev–Trinajstić information content (AvgIpc) is 3.08. The van der Waals surface area contributed by atoms with Crippen molar-refractivity contribution in [2.75, 3.05) is 13.1 Å². The molecule has 0 spiro atoms. The Labute approximate surface area is 128 Å². The van der Waals surface area contributed by atoms with Crippen LogP contribution in [0.1, 0.15) is 29.5 Å². The number of nitrogens with zero attached hydrogens (tertiary/aromatic N) is 4. The Balaban J connectivity index is 1.71. The molecule has 2 aromatic heterocycles. The molecule has 3 heterocycles. The van der Waals surface area contributed by atoms with Gasteiger partial charge in [0.2, 0.25) is 10.0 Å². The van der Waals surface area contributed by atoms with Gasteiger partial charge >= 0.3 is 0 Å². The third-order valence-corrected chi connectivity index (χ3v) is 6.74. The number of thiazole rings is 1. The Morgan fingerprint density at radius 3 is 2.57 bits per heavy atom. The molecule has 1 aliphatic rings. The van der Waals surface area contributed by atoms with Crippen LogP contribution in [-0.4, -0.2) is 40.6 Å². The minimum absolute atomic E-state index is 0.272. The van der Waals surface area contributed by atoms with Gasteiger partial charge < -0.3 is 0 Å². The maximum absolute atomic E-state index is 12.5. The number of aromatic nitrogens is 3. The zero-order chi connectivity index (χ0) is 15.0. The molecule has 0 aromatic carbocycles. The van der Waals surface area contributed by atoms with Crippen LogP contribution < -0.4 is 0 Å². The lowest BCUT2D eigenvalue weighted by Gasteiger charge is -2.29. The molecule has 6 nitrogen and oxygen atoms in total. The molecule has 21 heavy (non-hydrogen) atoms. The van der Waals surface area contributed by atoms with Crippen LogP contribution >= 0.6 is 11.3 Å². The summed E-state index contributed by atoms with van der Waals surface area (Å²) in [5.74, 6) is 0.379. The van der Waals surface area contributed by atoms with Crippen molar-refractivity contribution < 1.29 is 8.42 Å². The molecule has 0 bridgehead atoms. The van der Waals surface area contributed by atoms with E-state index in [1.165, 1.54) is 10.9 Å². The van der Waals surface area contributed by atoms with Crippen molar-refractivity contribution in [3.63, 3.8) is 0 Å². The van der Waals surface area contributed by atoms with Gasteiger partial charge in [0.05, 0.1) is 11.2 Å². The number of hydrogen-bond donors (Lipinski definition) is 0. The van der Waals surface area contributed by atoms with Gasteiger partial charge in [0.15, 0.2) is 0 Å². The lowest BCUT2D eigenvalue weighted by molar-refractivity contribution is 0.319. The van der Waals surface area contributed by atoms with Gasteiger partial charge in [-0.2, -0.15) is 9.40 Å². The molecule has 1 saturated heterocycles. The van der Waals surface area contributed by atoms with Crippen molar-refractivity contribution in [3.05, 3.63) is 28.5 Å². The summed E-state index contributed by atoms with van der Waals surface area (Å²) in [5, 5.41) is 7.13. The van der Waals surface area contributed by atoms with Crippen molar-refractivity contribution in [1.82, 2.24) is 19.1 Å². The fourth-order valence-electron chi connectivity index (χ4n) is 2.58. The Morgan fingerprint density at radius 1 is 1.33 bits per heavy atom. The van der Waals surface area contributed by atoms with E-state index in [-0.39, 0.29) is 4.90 Å². The summed E-state index contributed by atoms with van der Waals surface area (Å²) in [7, 11) is -1.69. The molecule has 0 unspecified atom stereocenters. The predicted molar refractivity (Wildman–Crippen MR) is 80.8 cm³/mol. The summed E-state index contributed by atoms with van der Waals surface area (Å²) in [6, 6.07) is 0. The normalized spacial score (nSPS) is 18.2. The SMILES string of the molecule is Cc1csc(C2CCN(S(=O)(=O)c3cnn(C)c3)CC2)n1. The van der Waals surface area contributed by atoms with E-state index in [0.29, 0.717) is 19.0 Å². The molecule has 8 heteroatoms. The molecule has 114 valence electrons. The van der Waals surface area contributed by atoms with Crippen LogP contribution in [0.25, 0.3) is 0 Å². The minimum Gasteiger partial charge on any atom is -0.274 e. The minimum atomic E-state index is -3.41. The highest BCUT2D eigenvalue weighted by Gasteiger charge is 2.31. The van der Waals surface area contributed by atoms with Crippen molar-refractivity contribution in [2.24, 2.45) is 7.05 Å². The van der Waals surface area contributed by atoms with E-state index in [1.807, 2.05) is 12.3 Å². The molecule has 0 atom stereocenters. The molecule has 1 aliphatic heterocycles.